The predicted molar refractivity (Wildman–Crippen MR) is 111 cm³/mol. The van der Waals surface area contributed by atoms with Crippen LogP contribution in [0, 0.1) is 12.3 Å². The van der Waals surface area contributed by atoms with Crippen LogP contribution in [0.4, 0.5) is 0 Å². The number of thiocarbonyl (C=S) groups is 1. The van der Waals surface area contributed by atoms with Gasteiger partial charge in [-0.05, 0) is 44.0 Å². The van der Waals surface area contributed by atoms with Crippen LogP contribution >= 0.6 is 24.0 Å². The van der Waals surface area contributed by atoms with Crippen LogP contribution in [0.3, 0.4) is 0 Å². The monoisotopic (exact) mass is 387 g/mol. The van der Waals surface area contributed by atoms with Crippen LogP contribution in [0.2, 0.25) is 0 Å². The number of hydrogen-bond donors (Lipinski definition) is 0. The molecule has 1 heterocycles. The van der Waals surface area contributed by atoms with E-state index in [9.17, 15) is 4.79 Å². The molecule has 26 heavy (non-hydrogen) atoms. The summed E-state index contributed by atoms with van der Waals surface area (Å²) >= 11 is 6.57. The maximum absolute atomic E-state index is 12.4. The van der Waals surface area contributed by atoms with Crippen molar-refractivity contribution in [1.82, 2.24) is 4.90 Å². The Kier molecular flexibility index (Phi) is 7.31. The van der Waals surface area contributed by atoms with Crippen molar-refractivity contribution in [2.75, 3.05) is 19.8 Å². The number of benzene rings is 1. The fourth-order valence-electron chi connectivity index (χ4n) is 2.54. The van der Waals surface area contributed by atoms with Crippen molar-refractivity contribution in [2.24, 2.45) is 0 Å². The number of carbonyl (C=O) groups excluding carboxylic acids is 1. The number of likely N-dealkylation sites (N-methyl/N-ethyl adjacent to an activating group) is 1. The van der Waals surface area contributed by atoms with E-state index in [1.807, 2.05) is 32.1 Å². The summed E-state index contributed by atoms with van der Waals surface area (Å²) in [5, 5.41) is 0. The lowest BCUT2D eigenvalue weighted by Gasteiger charge is -2.15. The Morgan fingerprint density at radius 3 is 2.73 bits per heavy atom. The first kappa shape index (κ1) is 20.1. The van der Waals surface area contributed by atoms with E-state index in [0.717, 1.165) is 11.1 Å². The Bertz CT molecular complexity index is 793. The SMILES string of the molecule is C#CCOc1c(CC=C)cc(/C=C2\SC(=S)N(CC)C2=O)cc1OCC. The quantitative estimate of drug-likeness (QED) is 0.291. The maximum atomic E-state index is 12.4. The average molecular weight is 388 g/mol. The van der Waals surface area contributed by atoms with Crippen molar-refractivity contribution >= 4 is 40.3 Å². The first-order valence-corrected chi connectivity index (χ1v) is 9.50. The fraction of sp³-hybridized carbons (Fsp3) is 0.300. The van der Waals surface area contributed by atoms with Crippen LogP contribution in [-0.4, -0.2) is 34.9 Å². The van der Waals surface area contributed by atoms with E-state index < -0.39 is 0 Å². The summed E-state index contributed by atoms with van der Waals surface area (Å²) in [6.07, 6.45) is 9.52. The van der Waals surface area contributed by atoms with Gasteiger partial charge in [0.15, 0.2) is 11.5 Å². The third kappa shape index (κ3) is 4.48. The highest BCUT2D eigenvalue weighted by atomic mass is 32.2. The van der Waals surface area contributed by atoms with Crippen molar-refractivity contribution in [1.29, 1.82) is 0 Å². The van der Waals surface area contributed by atoms with Gasteiger partial charge in [-0.25, -0.2) is 0 Å². The van der Waals surface area contributed by atoms with Gasteiger partial charge in [0.2, 0.25) is 0 Å². The minimum Gasteiger partial charge on any atom is -0.490 e. The number of hydrogen-bond acceptors (Lipinski definition) is 5. The Morgan fingerprint density at radius 2 is 2.15 bits per heavy atom. The lowest BCUT2D eigenvalue weighted by Crippen LogP contribution is -2.27. The predicted octanol–water partition coefficient (Wildman–Crippen LogP) is 4.05. The van der Waals surface area contributed by atoms with Crippen LogP contribution in [-0.2, 0) is 11.2 Å². The molecule has 0 aliphatic carbocycles. The van der Waals surface area contributed by atoms with E-state index in [1.54, 1.807) is 11.0 Å². The van der Waals surface area contributed by atoms with Crippen LogP contribution in [0.5, 0.6) is 11.5 Å². The molecule has 1 amide bonds. The normalized spacial score (nSPS) is 15.3. The van der Waals surface area contributed by atoms with Crippen LogP contribution in [0.15, 0.2) is 29.7 Å². The van der Waals surface area contributed by atoms with Gasteiger partial charge in [-0.1, -0.05) is 36.0 Å². The van der Waals surface area contributed by atoms with E-state index in [0.29, 0.717) is 40.3 Å². The summed E-state index contributed by atoms with van der Waals surface area (Å²) in [5.41, 5.74) is 1.74. The molecule has 0 N–H and O–H groups in total. The molecule has 1 aromatic carbocycles. The molecule has 1 aromatic rings. The molecule has 0 atom stereocenters. The zero-order valence-electron chi connectivity index (χ0n) is 14.9. The maximum Gasteiger partial charge on any atom is 0.266 e. The number of carbonyl (C=O) groups is 1. The first-order valence-electron chi connectivity index (χ1n) is 8.27. The van der Waals surface area contributed by atoms with E-state index in [1.165, 1.54) is 11.8 Å². The molecule has 1 saturated heterocycles. The summed E-state index contributed by atoms with van der Waals surface area (Å²) in [5.74, 6) is 3.61. The van der Waals surface area contributed by atoms with Gasteiger partial charge in [0.1, 0.15) is 10.9 Å². The molecule has 2 rings (SSSR count). The molecule has 1 fully saturated rings. The highest BCUT2D eigenvalue weighted by Gasteiger charge is 2.30. The number of amides is 1. The van der Waals surface area contributed by atoms with Crippen molar-refractivity contribution in [3.63, 3.8) is 0 Å². The van der Waals surface area contributed by atoms with Crippen molar-refractivity contribution < 1.29 is 14.3 Å². The van der Waals surface area contributed by atoms with Crippen LogP contribution in [0.1, 0.15) is 25.0 Å². The lowest BCUT2D eigenvalue weighted by atomic mass is 10.0. The molecule has 1 aliphatic heterocycles. The summed E-state index contributed by atoms with van der Waals surface area (Å²) in [4.78, 5) is 14.6. The number of ether oxygens (including phenoxy) is 2. The second-order valence-corrected chi connectivity index (χ2v) is 7.03. The zero-order chi connectivity index (χ0) is 19.1. The summed E-state index contributed by atoms with van der Waals surface area (Å²) in [7, 11) is 0. The molecule has 0 unspecified atom stereocenters. The molecule has 136 valence electrons. The minimum atomic E-state index is -0.0709. The third-order valence-corrected chi connectivity index (χ3v) is 4.98. The molecular formula is C20H21NO3S2. The molecule has 0 spiro atoms. The second kappa shape index (κ2) is 9.46. The Balaban J connectivity index is 2.48. The second-order valence-electron chi connectivity index (χ2n) is 5.35. The Hall–Kier alpha value is -2.23. The molecule has 0 radical (unpaired) electrons. The first-order chi connectivity index (χ1) is 12.5. The van der Waals surface area contributed by atoms with Gasteiger partial charge in [-0.2, -0.15) is 0 Å². The van der Waals surface area contributed by atoms with E-state index >= 15 is 0 Å². The molecule has 0 saturated carbocycles. The Labute approximate surface area is 164 Å². The smallest absolute Gasteiger partial charge is 0.266 e. The molecule has 1 aliphatic rings. The van der Waals surface area contributed by atoms with E-state index in [-0.39, 0.29) is 12.5 Å². The van der Waals surface area contributed by atoms with E-state index in [2.05, 4.69) is 12.5 Å². The molecule has 6 heteroatoms. The van der Waals surface area contributed by atoms with Gasteiger partial charge < -0.3 is 9.47 Å². The van der Waals surface area contributed by atoms with Crippen LogP contribution < -0.4 is 9.47 Å². The van der Waals surface area contributed by atoms with Crippen LogP contribution in [0.25, 0.3) is 6.08 Å². The minimum absolute atomic E-state index is 0.0709. The van der Waals surface area contributed by atoms with Gasteiger partial charge in [0, 0.05) is 12.1 Å². The van der Waals surface area contributed by atoms with Gasteiger partial charge >= 0.3 is 0 Å². The van der Waals surface area contributed by atoms with Crippen molar-refractivity contribution in [3.05, 3.63) is 40.8 Å². The third-order valence-electron chi connectivity index (χ3n) is 3.61. The lowest BCUT2D eigenvalue weighted by molar-refractivity contribution is -0.121. The highest BCUT2D eigenvalue weighted by molar-refractivity contribution is 8.26. The standard InChI is InChI=1S/C20H21NO3S2/c1-5-9-15-11-14(12-16(23-8-4)18(15)24-10-6-2)13-17-19(22)21(7-3)20(25)26-17/h2,5,11-13H,1,7-10H2,3-4H3/b17-13-. The largest absolute Gasteiger partial charge is 0.490 e. The number of terminal acetylenes is 1. The topological polar surface area (TPSA) is 38.8 Å². The fourth-order valence-corrected chi connectivity index (χ4v) is 3.92. The van der Waals surface area contributed by atoms with Gasteiger partial charge in [0.05, 0.1) is 11.5 Å². The number of rotatable bonds is 8. The number of nitrogens with zero attached hydrogens (tertiary/aromatic N) is 1. The molecule has 4 nitrogen and oxygen atoms in total. The average Bonchev–Trinajstić information content (AvgIpc) is 2.88. The summed E-state index contributed by atoms with van der Waals surface area (Å²) in [6, 6.07) is 3.80. The van der Waals surface area contributed by atoms with Gasteiger partial charge in [-0.15, -0.1) is 13.0 Å². The number of allylic oxidation sites excluding steroid dienone is 1. The van der Waals surface area contributed by atoms with Crippen molar-refractivity contribution in [2.45, 2.75) is 20.3 Å². The highest BCUT2D eigenvalue weighted by Crippen LogP contribution is 2.37. The molecule has 0 aromatic heterocycles. The van der Waals surface area contributed by atoms with E-state index in [4.69, 9.17) is 28.1 Å². The molecular weight excluding hydrogens is 366 g/mol. The zero-order valence-corrected chi connectivity index (χ0v) is 16.5. The summed E-state index contributed by atoms with van der Waals surface area (Å²) in [6.45, 7) is 8.80. The Morgan fingerprint density at radius 1 is 1.38 bits per heavy atom. The number of thioether (sulfide) groups is 1. The van der Waals surface area contributed by atoms with Gasteiger partial charge in [-0.3, -0.25) is 9.69 Å². The van der Waals surface area contributed by atoms with Gasteiger partial charge in [0.25, 0.3) is 5.91 Å². The molecule has 0 bridgehead atoms. The van der Waals surface area contributed by atoms with Crippen molar-refractivity contribution in [3.8, 4) is 23.8 Å². The summed E-state index contributed by atoms with van der Waals surface area (Å²) < 4.78 is 12.0.